The number of carbonyl (C=O) groups excluding carboxylic acids is 4. The number of hydrogen-bond acceptors (Lipinski definition) is 12. The van der Waals surface area contributed by atoms with Crippen LogP contribution in [0.4, 0.5) is 98.2 Å². The number of rotatable bonds is 6. The van der Waals surface area contributed by atoms with Gasteiger partial charge in [0, 0.05) is 0 Å². The number of ether oxygens (including phenoxy) is 8. The monoisotopic (exact) mass is 796 g/mol. The van der Waals surface area contributed by atoms with Gasteiger partial charge in [-0.1, -0.05) is 0 Å². The molecule has 0 aromatic rings. The van der Waals surface area contributed by atoms with E-state index in [1.54, 1.807) is 0 Å². The third kappa shape index (κ3) is 32.4. The Morgan fingerprint density at radius 3 is 0.920 bits per heavy atom. The maximum atomic E-state index is 11.8. The molecule has 0 aliphatic carbocycles. The summed E-state index contributed by atoms with van der Waals surface area (Å²) < 4.78 is 237. The second kappa shape index (κ2) is 22.5. The van der Waals surface area contributed by atoms with Crippen molar-refractivity contribution in [2.75, 3.05) is 40.6 Å². The molecule has 0 bridgehead atoms. The number of halogens is 18. The van der Waals surface area contributed by atoms with Crippen LogP contribution in [0.2, 0.25) is 0 Å². The van der Waals surface area contributed by atoms with E-state index in [9.17, 15) is 98.2 Å². The van der Waals surface area contributed by atoms with E-state index >= 15 is 0 Å². The highest BCUT2D eigenvalue weighted by Gasteiger charge is 2.61. The lowest BCUT2D eigenvalue weighted by molar-refractivity contribution is -0.311. The van der Waals surface area contributed by atoms with Crippen molar-refractivity contribution in [3.63, 3.8) is 0 Å². The molecule has 300 valence electrons. The second-order valence-electron chi connectivity index (χ2n) is 7.24. The molecular formula is C20H22F18O12. The summed E-state index contributed by atoms with van der Waals surface area (Å²) in [4.78, 5) is 40.4. The predicted octanol–water partition coefficient (Wildman–Crippen LogP) is 7.97. The maximum Gasteiger partial charge on any atom is 0.509 e. The fourth-order valence-electron chi connectivity index (χ4n) is 1.53. The largest absolute Gasteiger partial charge is 0.509 e. The van der Waals surface area contributed by atoms with Crippen molar-refractivity contribution in [1.29, 1.82) is 0 Å². The van der Waals surface area contributed by atoms with Crippen molar-refractivity contribution in [3.05, 3.63) is 0 Å². The molecule has 0 atom stereocenters. The Labute approximate surface area is 265 Å². The maximum absolute atomic E-state index is 11.8. The second-order valence-corrected chi connectivity index (χ2v) is 7.24. The van der Waals surface area contributed by atoms with Gasteiger partial charge in [-0.25, -0.2) is 19.2 Å². The lowest BCUT2D eigenvalue weighted by atomic mass is 10.3. The summed E-state index contributed by atoms with van der Waals surface area (Å²) >= 11 is 0. The molecule has 0 spiro atoms. The molecule has 0 N–H and O–H groups in total. The van der Waals surface area contributed by atoms with Gasteiger partial charge in [-0.2, -0.15) is 79.0 Å². The zero-order valence-electron chi connectivity index (χ0n) is 24.7. The van der Waals surface area contributed by atoms with Crippen LogP contribution in [-0.4, -0.2) is 115 Å². The Bertz CT molecular complexity index is 957. The normalized spacial score (nSPS) is 12.0. The lowest BCUT2D eigenvalue weighted by Crippen LogP contribution is -2.45. The summed E-state index contributed by atoms with van der Waals surface area (Å²) in [5.74, 6) is 0. The molecule has 0 aliphatic heterocycles. The fraction of sp³-hybridized carbons (Fsp3) is 0.800. The van der Waals surface area contributed by atoms with E-state index in [4.69, 9.17) is 0 Å². The SMILES string of the molecule is CCOC(=O)OC(C(F)(F)F)C(F)(F)F.CCOC(=O)OCC(F)(F)F.COC(=O)OC(C(F)(F)F)C(F)(F)F.COC(=O)OCC(F)(F)F. The summed E-state index contributed by atoms with van der Waals surface area (Å²) in [7, 11) is 1.52. The van der Waals surface area contributed by atoms with Gasteiger partial charge in [0.15, 0.2) is 13.2 Å². The molecule has 0 aliphatic rings. The third-order valence-electron chi connectivity index (χ3n) is 3.18. The summed E-state index contributed by atoms with van der Waals surface area (Å²) in [6.45, 7) is -0.935. The molecule has 50 heavy (non-hydrogen) atoms. The van der Waals surface area contributed by atoms with Crippen LogP contribution in [0.1, 0.15) is 13.8 Å². The highest BCUT2D eigenvalue weighted by molar-refractivity contribution is 5.60. The Hall–Kier alpha value is -4.18. The van der Waals surface area contributed by atoms with Crippen molar-refractivity contribution < 1.29 is 136 Å². The first-order valence-corrected chi connectivity index (χ1v) is 11.6. The molecule has 0 fully saturated rings. The van der Waals surface area contributed by atoms with Gasteiger partial charge in [-0.3, -0.25) is 0 Å². The van der Waals surface area contributed by atoms with Crippen molar-refractivity contribution >= 4 is 24.6 Å². The topological polar surface area (TPSA) is 142 Å². The number of methoxy groups -OCH3 is 2. The number of carbonyl (C=O) groups is 4. The molecule has 0 radical (unpaired) electrons. The van der Waals surface area contributed by atoms with Crippen molar-refractivity contribution in [3.8, 4) is 0 Å². The van der Waals surface area contributed by atoms with Crippen molar-refractivity contribution in [2.45, 2.75) is 63.1 Å². The van der Waals surface area contributed by atoms with Gasteiger partial charge < -0.3 is 37.9 Å². The van der Waals surface area contributed by atoms with Crippen molar-refractivity contribution in [2.24, 2.45) is 0 Å². The molecule has 0 heterocycles. The van der Waals surface area contributed by atoms with E-state index in [0.717, 1.165) is 7.11 Å². The Balaban J connectivity index is -0.000000286. The van der Waals surface area contributed by atoms with E-state index in [1.165, 1.54) is 13.8 Å². The molecule has 12 nitrogen and oxygen atoms in total. The minimum Gasteiger partial charge on any atom is -0.438 e. The van der Waals surface area contributed by atoms with Crippen LogP contribution in [0.25, 0.3) is 0 Å². The highest BCUT2D eigenvalue weighted by Crippen LogP contribution is 2.36. The minimum absolute atomic E-state index is 0.00328. The van der Waals surface area contributed by atoms with Gasteiger partial charge >= 0.3 is 61.7 Å². The van der Waals surface area contributed by atoms with E-state index < -0.39 is 87.1 Å². The molecule has 0 unspecified atom stereocenters. The molecule has 0 saturated carbocycles. The molecule has 0 amide bonds. The van der Waals surface area contributed by atoms with Gasteiger partial charge in [0.05, 0.1) is 27.4 Å². The smallest absolute Gasteiger partial charge is 0.438 e. The molecule has 0 rings (SSSR count). The Morgan fingerprint density at radius 2 is 0.680 bits per heavy atom. The molecule has 0 saturated heterocycles. The summed E-state index contributed by atoms with van der Waals surface area (Å²) in [6.07, 6.45) is -46.9. The minimum atomic E-state index is -5.72. The third-order valence-corrected chi connectivity index (χ3v) is 3.18. The number of alkyl halides is 18. The molecule has 0 aromatic heterocycles. The van der Waals surface area contributed by atoms with Gasteiger partial charge in [0.1, 0.15) is 0 Å². The number of hydrogen-bond donors (Lipinski definition) is 0. The average Bonchev–Trinajstić information content (AvgIpc) is 2.90. The van der Waals surface area contributed by atoms with Gasteiger partial charge in [0.2, 0.25) is 0 Å². The van der Waals surface area contributed by atoms with Crippen molar-refractivity contribution in [1.82, 2.24) is 0 Å². The van der Waals surface area contributed by atoms with Gasteiger partial charge in [0.25, 0.3) is 12.2 Å². The van der Waals surface area contributed by atoms with Gasteiger partial charge in [-0.05, 0) is 13.8 Å². The van der Waals surface area contributed by atoms with Crippen LogP contribution in [0.3, 0.4) is 0 Å². The predicted molar refractivity (Wildman–Crippen MR) is 117 cm³/mol. The summed E-state index contributed by atoms with van der Waals surface area (Å²) in [5, 5.41) is 0. The standard InChI is InChI=1S/C6H6F6O3.C5H4F6O3.C5H7F3O3.C4H5F3O3/c1-2-14-4(13)15-3(5(7,8)9)6(10,11)12;1-13-3(12)14-2(4(6,7)8)5(9,10)11;1-2-10-4(9)11-3-5(6,7)8;1-9-3(8)10-2-4(5,6)7/h3H,2H2,1H3;2H,1H3;2-3H2,1H3;2H2,1H3. The van der Waals surface area contributed by atoms with E-state index in [2.05, 4.69) is 37.9 Å². The van der Waals surface area contributed by atoms with Crippen LogP contribution in [-0.2, 0) is 37.9 Å². The average molecular weight is 796 g/mol. The molecular weight excluding hydrogens is 774 g/mol. The summed E-state index contributed by atoms with van der Waals surface area (Å²) in [5.41, 5.74) is 0. The zero-order valence-corrected chi connectivity index (χ0v) is 24.7. The molecule has 30 heteroatoms. The quantitative estimate of drug-likeness (QED) is 0.146. The van der Waals surface area contributed by atoms with Crippen LogP contribution in [0.15, 0.2) is 0 Å². The first-order valence-electron chi connectivity index (χ1n) is 11.6. The molecule has 0 aromatic carbocycles. The first-order chi connectivity index (χ1) is 22.1. The Kier molecular flexibility index (Phi) is 23.7. The highest BCUT2D eigenvalue weighted by atomic mass is 19.4. The zero-order chi connectivity index (χ0) is 40.9. The van der Waals surface area contributed by atoms with Crippen LogP contribution < -0.4 is 0 Å². The fourth-order valence-corrected chi connectivity index (χ4v) is 1.53. The van der Waals surface area contributed by atoms with E-state index in [-0.39, 0.29) is 13.2 Å². The van der Waals surface area contributed by atoms with Crippen LogP contribution in [0.5, 0.6) is 0 Å². The van der Waals surface area contributed by atoms with Crippen LogP contribution in [0, 0.1) is 0 Å². The van der Waals surface area contributed by atoms with E-state index in [0.29, 0.717) is 7.11 Å². The lowest BCUT2D eigenvalue weighted by Gasteiger charge is -2.22. The van der Waals surface area contributed by atoms with Crippen LogP contribution >= 0.6 is 0 Å². The van der Waals surface area contributed by atoms with E-state index in [1.807, 2.05) is 0 Å². The summed E-state index contributed by atoms with van der Waals surface area (Å²) in [6, 6.07) is 0. The Morgan fingerprint density at radius 1 is 0.420 bits per heavy atom. The van der Waals surface area contributed by atoms with Gasteiger partial charge in [-0.15, -0.1) is 0 Å². The first kappa shape index (κ1) is 52.6.